The van der Waals surface area contributed by atoms with Gasteiger partial charge in [0.2, 0.25) is 0 Å². The van der Waals surface area contributed by atoms with Gasteiger partial charge < -0.3 is 14.8 Å². The minimum absolute atomic E-state index is 0.153. The largest absolute Gasteiger partial charge is 0.354 e. The lowest BCUT2D eigenvalue weighted by Crippen LogP contribution is -2.56. The van der Waals surface area contributed by atoms with E-state index in [4.69, 9.17) is 21.0 Å². The Morgan fingerprint density at radius 1 is 1.14 bits per heavy atom. The van der Waals surface area contributed by atoms with Crippen molar-refractivity contribution in [2.24, 2.45) is 0 Å². The van der Waals surface area contributed by atoms with Crippen molar-refractivity contribution in [1.82, 2.24) is 19.9 Å². The van der Waals surface area contributed by atoms with E-state index in [9.17, 15) is 4.79 Å². The summed E-state index contributed by atoms with van der Waals surface area (Å²) in [6, 6.07) is 9.21. The molecule has 0 unspecified atom stereocenters. The van der Waals surface area contributed by atoms with Gasteiger partial charge in [0.1, 0.15) is 11.9 Å². The Balaban J connectivity index is 1.52. The number of piperazine rings is 1. The van der Waals surface area contributed by atoms with Crippen LogP contribution in [-0.2, 0) is 5.34 Å². The van der Waals surface area contributed by atoms with Gasteiger partial charge in [0.25, 0.3) is 5.56 Å². The smallest absolute Gasteiger partial charge is 0.251 e. The van der Waals surface area contributed by atoms with E-state index in [1.807, 2.05) is 11.0 Å². The molecule has 140 valence electrons. The van der Waals surface area contributed by atoms with E-state index in [0.29, 0.717) is 53.9 Å². The van der Waals surface area contributed by atoms with Gasteiger partial charge in [0.05, 0.1) is 32.3 Å². The van der Waals surface area contributed by atoms with Crippen molar-refractivity contribution < 1.29 is 0 Å². The number of aromatic nitrogens is 3. The third-order valence-corrected chi connectivity index (χ3v) is 5.34. The minimum Gasteiger partial charge on any atom is -0.354 e. The normalized spacial score (nSPS) is 15.4. The molecule has 29 heavy (non-hydrogen) atoms. The Bertz CT molecular complexity index is 1140. The summed E-state index contributed by atoms with van der Waals surface area (Å²) in [4.78, 5) is 27.6. The first-order valence-corrected chi connectivity index (χ1v) is 9.32. The van der Waals surface area contributed by atoms with Gasteiger partial charge in [-0.05, 0) is 42.1 Å². The molecule has 3 aromatic heterocycles. The van der Waals surface area contributed by atoms with Gasteiger partial charge in [0.15, 0.2) is 0 Å². The van der Waals surface area contributed by atoms with E-state index in [0.717, 1.165) is 5.82 Å². The van der Waals surface area contributed by atoms with E-state index in [-0.39, 0.29) is 5.56 Å². The molecule has 0 aliphatic carbocycles. The van der Waals surface area contributed by atoms with Crippen LogP contribution in [0.25, 0.3) is 11.0 Å². The van der Waals surface area contributed by atoms with Gasteiger partial charge in [-0.15, -0.1) is 0 Å². The summed E-state index contributed by atoms with van der Waals surface area (Å²) in [5.41, 5.74) is 2.93. The molecule has 1 fully saturated rings. The average molecular weight is 380 g/mol. The number of rotatable bonds is 3. The maximum absolute atomic E-state index is 11.9. The van der Waals surface area contributed by atoms with Gasteiger partial charge >= 0.3 is 0 Å². The predicted molar refractivity (Wildman–Crippen MR) is 113 cm³/mol. The highest BCUT2D eigenvalue weighted by molar-refractivity contribution is 6.39. The second kappa shape index (κ2) is 7.37. The first-order chi connectivity index (χ1) is 13.9. The highest BCUT2D eigenvalue weighted by atomic mass is 16.1. The number of anilines is 1. The van der Waals surface area contributed by atoms with Crippen molar-refractivity contribution in [2.45, 2.75) is 12.3 Å². The van der Waals surface area contributed by atoms with Gasteiger partial charge in [-0.3, -0.25) is 9.78 Å². The topological polar surface area (TPSA) is 88.9 Å². The number of nitriles is 1. The zero-order valence-corrected chi connectivity index (χ0v) is 16.1. The summed E-state index contributed by atoms with van der Waals surface area (Å²) in [7, 11) is 13.0. The van der Waals surface area contributed by atoms with E-state index >= 15 is 0 Å². The molecule has 0 atom stereocenters. The van der Waals surface area contributed by atoms with Crippen LogP contribution in [0.1, 0.15) is 16.7 Å². The summed E-state index contributed by atoms with van der Waals surface area (Å²) in [5, 5.41) is 7.69. The van der Waals surface area contributed by atoms with Crippen LogP contribution in [0.15, 0.2) is 41.5 Å². The zero-order chi connectivity index (χ0) is 20.6. The van der Waals surface area contributed by atoms with E-state index in [2.05, 4.69) is 25.9 Å². The number of nitrogens with one attached hydrogen (secondary N) is 1. The monoisotopic (exact) mass is 380 g/mol. The fraction of sp³-hybridized carbons (Fsp3) is 0.300. The Kier molecular flexibility index (Phi) is 4.89. The van der Waals surface area contributed by atoms with E-state index < -0.39 is 5.34 Å². The summed E-state index contributed by atoms with van der Waals surface area (Å²) >= 11 is 0. The maximum atomic E-state index is 11.9. The van der Waals surface area contributed by atoms with Crippen LogP contribution in [-0.4, -0.2) is 61.7 Å². The van der Waals surface area contributed by atoms with Gasteiger partial charge in [-0.1, -0.05) is 0 Å². The molecule has 0 spiro atoms. The Morgan fingerprint density at radius 2 is 1.90 bits per heavy atom. The summed E-state index contributed by atoms with van der Waals surface area (Å²) in [6.45, 7) is 4.42. The SMILES string of the molecule is [B]C([B])(c1cnc2cc(C)c(=O)[nH]c2c1)N1CCN(c2ccc(C#N)cn2)CC1. The van der Waals surface area contributed by atoms with Crippen LogP contribution in [0.4, 0.5) is 5.82 Å². The third-order valence-electron chi connectivity index (χ3n) is 5.34. The van der Waals surface area contributed by atoms with Crippen molar-refractivity contribution in [3.63, 3.8) is 0 Å². The number of nitrogens with zero attached hydrogens (tertiary/aromatic N) is 5. The Hall–Kier alpha value is -3.11. The Morgan fingerprint density at radius 3 is 2.55 bits per heavy atom. The molecule has 1 aliphatic heterocycles. The van der Waals surface area contributed by atoms with Gasteiger partial charge in [-0.2, -0.15) is 5.26 Å². The molecule has 1 saturated heterocycles. The summed E-state index contributed by atoms with van der Waals surface area (Å²) in [6.07, 6.45) is 3.23. The first kappa shape index (κ1) is 19.2. The second-order valence-electron chi connectivity index (χ2n) is 7.25. The number of H-pyrrole nitrogens is 1. The van der Waals surface area contributed by atoms with Gasteiger partial charge in [0, 0.05) is 44.1 Å². The highest BCUT2D eigenvalue weighted by Crippen LogP contribution is 2.26. The van der Waals surface area contributed by atoms with E-state index in [1.54, 1.807) is 37.5 Å². The molecule has 4 heterocycles. The van der Waals surface area contributed by atoms with Crippen molar-refractivity contribution in [3.8, 4) is 6.07 Å². The first-order valence-electron chi connectivity index (χ1n) is 9.32. The molecule has 7 nitrogen and oxygen atoms in total. The van der Waals surface area contributed by atoms with E-state index in [1.165, 1.54) is 0 Å². The third kappa shape index (κ3) is 3.64. The lowest BCUT2D eigenvalue weighted by atomic mass is 9.57. The number of aromatic amines is 1. The van der Waals surface area contributed by atoms with Gasteiger partial charge in [-0.25, -0.2) is 4.98 Å². The molecule has 1 N–H and O–H groups in total. The maximum Gasteiger partial charge on any atom is 0.251 e. The zero-order valence-electron chi connectivity index (χ0n) is 16.1. The molecule has 4 rings (SSSR count). The number of hydrogen-bond donors (Lipinski definition) is 1. The molecular weight excluding hydrogens is 362 g/mol. The van der Waals surface area contributed by atoms with Crippen LogP contribution in [0.5, 0.6) is 0 Å². The second-order valence-corrected chi connectivity index (χ2v) is 7.25. The quantitative estimate of drug-likeness (QED) is 0.676. The van der Waals surface area contributed by atoms with Crippen LogP contribution in [0.2, 0.25) is 0 Å². The van der Waals surface area contributed by atoms with Crippen LogP contribution >= 0.6 is 0 Å². The number of hydrogen-bond acceptors (Lipinski definition) is 6. The molecule has 9 heteroatoms. The molecule has 0 bridgehead atoms. The van der Waals surface area contributed by atoms with Crippen LogP contribution in [0.3, 0.4) is 0 Å². The predicted octanol–water partition coefficient (Wildman–Crippen LogP) is 0.768. The fourth-order valence-corrected chi connectivity index (χ4v) is 3.53. The molecule has 3 aromatic rings. The summed E-state index contributed by atoms with van der Waals surface area (Å²) in [5.74, 6) is 0.823. The average Bonchev–Trinajstić information content (AvgIpc) is 2.74. The minimum atomic E-state index is -1.22. The van der Waals surface area contributed by atoms with Crippen molar-refractivity contribution in [2.75, 3.05) is 31.1 Å². The lowest BCUT2D eigenvalue weighted by molar-refractivity contribution is 0.209. The molecule has 4 radical (unpaired) electrons. The van der Waals surface area contributed by atoms with Crippen molar-refractivity contribution in [1.29, 1.82) is 5.26 Å². The molecule has 0 aromatic carbocycles. The molecule has 1 aliphatic rings. The molecule has 0 saturated carbocycles. The van der Waals surface area contributed by atoms with Crippen molar-refractivity contribution in [3.05, 3.63) is 63.7 Å². The Labute approximate surface area is 171 Å². The van der Waals surface area contributed by atoms with Crippen LogP contribution < -0.4 is 10.5 Å². The molecule has 0 amide bonds. The van der Waals surface area contributed by atoms with Crippen molar-refractivity contribution >= 4 is 32.5 Å². The number of fused-ring (bicyclic) bond motifs is 1. The fourth-order valence-electron chi connectivity index (χ4n) is 3.53. The van der Waals surface area contributed by atoms with Crippen LogP contribution in [0, 0.1) is 18.3 Å². The lowest BCUT2D eigenvalue weighted by Gasteiger charge is -2.45. The summed E-state index contributed by atoms with van der Waals surface area (Å²) < 4.78 is 0. The highest BCUT2D eigenvalue weighted by Gasteiger charge is 2.31. The standard InChI is InChI=1S/C20H18B2N6O/c1-13-8-16-17(26-19(13)29)9-15(12-24-16)20(21,22)28-6-4-27(5-7-28)18-3-2-14(10-23)11-25-18/h2-3,8-9,11-12H,4-7H2,1H3,(H,26,29). The molecular formula is C20H18B2N6O. The number of aryl methyl sites for hydroxylation is 1. The number of pyridine rings is 3.